The normalized spacial score (nSPS) is 19.5. The lowest BCUT2D eigenvalue weighted by Crippen LogP contribution is -2.30. The van der Waals surface area contributed by atoms with E-state index in [1.165, 1.54) is 22.9 Å². The van der Waals surface area contributed by atoms with Gasteiger partial charge >= 0.3 is 5.97 Å². The van der Waals surface area contributed by atoms with Crippen LogP contribution in [0.15, 0.2) is 47.4 Å². The van der Waals surface area contributed by atoms with Gasteiger partial charge in [-0.05, 0) is 49.2 Å². The number of phenols is 1. The van der Waals surface area contributed by atoms with Crippen LogP contribution in [-0.2, 0) is 0 Å². The molecule has 1 saturated heterocycles. The van der Waals surface area contributed by atoms with Gasteiger partial charge in [-0.25, -0.2) is 9.18 Å². The summed E-state index contributed by atoms with van der Waals surface area (Å²) in [6, 6.07) is 8.78. The van der Waals surface area contributed by atoms with Crippen LogP contribution in [-0.4, -0.2) is 39.9 Å². The molecule has 2 fully saturated rings. The maximum atomic E-state index is 15.1. The van der Waals surface area contributed by atoms with E-state index in [1.807, 2.05) is 4.90 Å². The van der Waals surface area contributed by atoms with E-state index in [2.05, 4.69) is 0 Å². The fourth-order valence-corrected chi connectivity index (χ4v) is 4.42. The quantitative estimate of drug-likeness (QED) is 0.613. The van der Waals surface area contributed by atoms with Crippen molar-refractivity contribution in [2.45, 2.75) is 18.9 Å². The number of anilines is 1. The van der Waals surface area contributed by atoms with E-state index in [1.54, 1.807) is 18.2 Å². The molecule has 3 aromatic rings. The highest BCUT2D eigenvalue weighted by atomic mass is 19.1. The Kier molecular flexibility index (Phi) is 3.91. The lowest BCUT2D eigenvalue weighted by Gasteiger charge is -2.21. The summed E-state index contributed by atoms with van der Waals surface area (Å²) >= 11 is 0. The number of aromatic carboxylic acids is 1. The number of phenolic OH excluding ortho intramolecular Hbond substituents is 1. The van der Waals surface area contributed by atoms with Gasteiger partial charge in [0.1, 0.15) is 17.1 Å². The molecule has 1 atom stereocenters. The van der Waals surface area contributed by atoms with E-state index in [0.717, 1.165) is 18.9 Å². The zero-order valence-electron chi connectivity index (χ0n) is 16.0. The average Bonchev–Trinajstić information content (AvgIpc) is 3.41. The number of nitrogens with two attached hydrogens (primary N) is 1. The SMILES string of the molecule is N[C@@H]1CN(c2cc3c(cc2F)c(=O)c(C(=O)O)cn3-c2ccc(O)cc2)CC12CC2. The number of fused-ring (bicyclic) bond motifs is 1. The van der Waals surface area contributed by atoms with Crippen molar-refractivity contribution in [3.05, 3.63) is 64.2 Å². The van der Waals surface area contributed by atoms with Gasteiger partial charge in [0.05, 0.1) is 11.2 Å². The van der Waals surface area contributed by atoms with Crippen molar-refractivity contribution >= 4 is 22.6 Å². The molecular formula is C22H20FN3O4. The Labute approximate surface area is 170 Å². The van der Waals surface area contributed by atoms with Gasteiger partial charge in [-0.2, -0.15) is 0 Å². The Morgan fingerprint density at radius 2 is 1.90 bits per heavy atom. The van der Waals surface area contributed by atoms with Crippen LogP contribution >= 0.6 is 0 Å². The van der Waals surface area contributed by atoms with Crippen LogP contribution in [0.2, 0.25) is 0 Å². The first-order valence-electron chi connectivity index (χ1n) is 9.71. The highest BCUT2D eigenvalue weighted by molar-refractivity contribution is 5.94. The van der Waals surface area contributed by atoms with Gasteiger partial charge in [0.15, 0.2) is 0 Å². The predicted octanol–water partition coefficient (Wildman–Crippen LogP) is 2.46. The number of aromatic nitrogens is 1. The highest BCUT2D eigenvalue weighted by Crippen LogP contribution is 2.53. The third kappa shape index (κ3) is 2.75. The van der Waals surface area contributed by atoms with E-state index < -0.39 is 22.8 Å². The molecule has 0 radical (unpaired) electrons. The molecule has 0 unspecified atom stereocenters. The molecule has 0 amide bonds. The Hall–Kier alpha value is -3.39. The second kappa shape index (κ2) is 6.30. The van der Waals surface area contributed by atoms with Gasteiger partial charge in [0.25, 0.3) is 0 Å². The molecule has 2 heterocycles. The number of benzene rings is 2. The number of hydrogen-bond donors (Lipinski definition) is 3. The number of carboxylic acid groups (broad SMARTS) is 1. The van der Waals surface area contributed by atoms with Crippen LogP contribution in [0, 0.1) is 11.2 Å². The highest BCUT2D eigenvalue weighted by Gasteiger charge is 2.53. The summed E-state index contributed by atoms with van der Waals surface area (Å²) < 4.78 is 16.6. The largest absolute Gasteiger partial charge is 0.508 e. The number of pyridine rings is 1. The van der Waals surface area contributed by atoms with Crippen molar-refractivity contribution in [2.75, 3.05) is 18.0 Å². The number of hydrogen-bond acceptors (Lipinski definition) is 5. The third-order valence-corrected chi connectivity index (χ3v) is 6.37. The average molecular weight is 409 g/mol. The summed E-state index contributed by atoms with van der Waals surface area (Å²) in [5.74, 6) is -1.92. The zero-order valence-corrected chi connectivity index (χ0v) is 16.0. The van der Waals surface area contributed by atoms with Crippen molar-refractivity contribution in [1.29, 1.82) is 0 Å². The fourth-order valence-electron chi connectivity index (χ4n) is 4.42. The van der Waals surface area contributed by atoms with Crippen LogP contribution in [0.1, 0.15) is 23.2 Å². The van der Waals surface area contributed by atoms with Gasteiger partial charge < -0.3 is 25.4 Å². The molecule has 1 saturated carbocycles. The van der Waals surface area contributed by atoms with Crippen LogP contribution in [0.5, 0.6) is 5.75 Å². The fraction of sp³-hybridized carbons (Fsp3) is 0.273. The first-order chi connectivity index (χ1) is 14.3. The standard InChI is InChI=1S/C22H20FN3O4/c23-16-7-14-17(8-18(16)25-10-19(24)22(11-25)5-6-22)26(9-15(20(14)28)21(29)30)12-1-3-13(27)4-2-12/h1-4,7-9,19,27H,5-6,10-11,24H2,(H,29,30)/t19-/m1/s1. The molecule has 1 aromatic heterocycles. The van der Waals surface area contributed by atoms with E-state index in [-0.39, 0.29) is 22.6 Å². The van der Waals surface area contributed by atoms with Gasteiger partial charge in [-0.1, -0.05) is 0 Å². The van der Waals surface area contributed by atoms with E-state index >= 15 is 4.39 Å². The Morgan fingerprint density at radius 3 is 2.50 bits per heavy atom. The maximum absolute atomic E-state index is 15.1. The lowest BCUT2D eigenvalue weighted by atomic mass is 10.0. The minimum absolute atomic E-state index is 0.0196. The Morgan fingerprint density at radius 1 is 1.20 bits per heavy atom. The van der Waals surface area contributed by atoms with Crippen molar-refractivity contribution in [3.63, 3.8) is 0 Å². The van der Waals surface area contributed by atoms with Crippen molar-refractivity contribution < 1.29 is 19.4 Å². The van der Waals surface area contributed by atoms with Gasteiger partial charge in [-0.3, -0.25) is 4.79 Å². The van der Waals surface area contributed by atoms with Crippen LogP contribution < -0.4 is 16.1 Å². The maximum Gasteiger partial charge on any atom is 0.341 e. The topological polar surface area (TPSA) is 109 Å². The summed E-state index contributed by atoms with van der Waals surface area (Å²) in [5.41, 5.74) is 6.39. The molecule has 154 valence electrons. The summed E-state index contributed by atoms with van der Waals surface area (Å²) in [4.78, 5) is 26.2. The summed E-state index contributed by atoms with van der Waals surface area (Å²) in [5, 5.41) is 19.0. The molecular weight excluding hydrogens is 389 g/mol. The molecule has 2 aliphatic rings. The van der Waals surface area contributed by atoms with Crippen LogP contribution in [0.25, 0.3) is 16.6 Å². The van der Waals surface area contributed by atoms with Gasteiger partial charge in [0, 0.05) is 41.8 Å². The minimum Gasteiger partial charge on any atom is -0.508 e. The molecule has 1 aliphatic heterocycles. The summed E-state index contributed by atoms with van der Waals surface area (Å²) in [7, 11) is 0. The summed E-state index contributed by atoms with van der Waals surface area (Å²) in [6.07, 6.45) is 3.29. The number of halogens is 1. The first-order valence-corrected chi connectivity index (χ1v) is 9.71. The Bertz CT molecular complexity index is 1250. The Balaban J connectivity index is 1.74. The second-order valence-corrected chi connectivity index (χ2v) is 8.23. The smallest absolute Gasteiger partial charge is 0.341 e. The third-order valence-electron chi connectivity index (χ3n) is 6.37. The molecule has 7 nitrogen and oxygen atoms in total. The molecule has 5 rings (SSSR count). The van der Waals surface area contributed by atoms with Crippen LogP contribution in [0.3, 0.4) is 0 Å². The number of carboxylic acids is 1. The number of rotatable bonds is 3. The van der Waals surface area contributed by atoms with Crippen LogP contribution in [0.4, 0.5) is 10.1 Å². The molecule has 0 bridgehead atoms. The molecule has 8 heteroatoms. The number of aromatic hydroxyl groups is 1. The number of carbonyl (C=O) groups is 1. The van der Waals surface area contributed by atoms with Crippen molar-refractivity contribution in [1.82, 2.24) is 4.57 Å². The number of nitrogens with zero attached hydrogens (tertiary/aromatic N) is 2. The van der Waals surface area contributed by atoms with E-state index in [4.69, 9.17) is 5.73 Å². The minimum atomic E-state index is -1.39. The predicted molar refractivity (Wildman–Crippen MR) is 110 cm³/mol. The summed E-state index contributed by atoms with van der Waals surface area (Å²) in [6.45, 7) is 1.19. The second-order valence-electron chi connectivity index (χ2n) is 8.23. The monoisotopic (exact) mass is 409 g/mol. The van der Waals surface area contributed by atoms with E-state index in [0.29, 0.717) is 30.0 Å². The molecule has 30 heavy (non-hydrogen) atoms. The molecule has 2 aromatic carbocycles. The molecule has 4 N–H and O–H groups in total. The molecule has 1 aliphatic carbocycles. The first kappa shape index (κ1) is 18.6. The lowest BCUT2D eigenvalue weighted by molar-refractivity contribution is 0.0695. The zero-order chi connectivity index (χ0) is 21.2. The van der Waals surface area contributed by atoms with Gasteiger partial charge in [-0.15, -0.1) is 0 Å². The molecule has 1 spiro atoms. The van der Waals surface area contributed by atoms with E-state index in [9.17, 15) is 19.8 Å². The van der Waals surface area contributed by atoms with Crippen molar-refractivity contribution in [3.8, 4) is 11.4 Å². The van der Waals surface area contributed by atoms with Crippen molar-refractivity contribution in [2.24, 2.45) is 11.1 Å². The van der Waals surface area contributed by atoms with Gasteiger partial charge in [0.2, 0.25) is 5.43 Å².